The summed E-state index contributed by atoms with van der Waals surface area (Å²) in [7, 11) is 0. The molecule has 1 aromatic carbocycles. The Kier molecular flexibility index (Phi) is 6.94. The summed E-state index contributed by atoms with van der Waals surface area (Å²) in [5, 5.41) is 11.8. The number of amides is 2. The number of likely N-dealkylation sites (tertiary alicyclic amines) is 1. The van der Waals surface area contributed by atoms with E-state index in [4.69, 9.17) is 4.74 Å². The molecule has 2 atom stereocenters. The quantitative estimate of drug-likeness (QED) is 0.764. The smallest absolute Gasteiger partial charge is 0.346 e. The lowest BCUT2D eigenvalue weighted by Crippen LogP contribution is -2.53. The zero-order valence-corrected chi connectivity index (χ0v) is 14.6. The summed E-state index contributed by atoms with van der Waals surface area (Å²) < 4.78 is 18.2. The predicted molar refractivity (Wildman–Crippen MR) is 91.1 cm³/mol. The molecule has 0 bridgehead atoms. The number of hydrogen-bond acceptors (Lipinski definition) is 4. The third kappa shape index (κ3) is 5.18. The summed E-state index contributed by atoms with van der Waals surface area (Å²) in [4.78, 5) is 37.4. The zero-order chi connectivity index (χ0) is 19.1. The van der Waals surface area contributed by atoms with Crippen molar-refractivity contribution in [3.63, 3.8) is 0 Å². The molecule has 0 spiro atoms. The molecular formula is C18H23FN2O5. The van der Waals surface area contributed by atoms with Crippen molar-refractivity contribution in [1.82, 2.24) is 10.2 Å². The molecule has 2 rings (SSSR count). The van der Waals surface area contributed by atoms with E-state index in [1.54, 1.807) is 11.8 Å². The number of hydrogen-bond donors (Lipinski definition) is 2. The molecule has 1 heterocycles. The first kappa shape index (κ1) is 19.7. The van der Waals surface area contributed by atoms with Crippen LogP contribution in [0.3, 0.4) is 0 Å². The van der Waals surface area contributed by atoms with Gasteiger partial charge in [0.15, 0.2) is 0 Å². The minimum absolute atomic E-state index is 0.0952. The molecule has 142 valence electrons. The first-order valence-corrected chi connectivity index (χ1v) is 8.64. The Hall–Kier alpha value is -2.64. The highest BCUT2D eigenvalue weighted by atomic mass is 19.1. The van der Waals surface area contributed by atoms with Crippen LogP contribution in [-0.2, 0) is 14.4 Å². The Morgan fingerprint density at radius 2 is 2.00 bits per heavy atom. The Bertz CT molecular complexity index is 649. The molecule has 0 radical (unpaired) electrons. The number of rotatable bonds is 7. The Labute approximate surface area is 151 Å². The molecule has 2 unspecified atom stereocenters. The normalized spacial score (nSPS) is 18.1. The number of carboxylic acid groups (broad SMARTS) is 1. The first-order valence-electron chi connectivity index (χ1n) is 8.64. The third-order valence-corrected chi connectivity index (χ3v) is 4.26. The molecule has 0 aromatic heterocycles. The predicted octanol–water partition coefficient (Wildman–Crippen LogP) is 1.56. The summed E-state index contributed by atoms with van der Waals surface area (Å²) in [6.07, 6.45) is 1.23. The zero-order valence-electron chi connectivity index (χ0n) is 14.6. The maximum Gasteiger partial charge on any atom is 0.346 e. The molecule has 26 heavy (non-hydrogen) atoms. The van der Waals surface area contributed by atoms with E-state index in [9.17, 15) is 23.9 Å². The van der Waals surface area contributed by atoms with E-state index in [0.717, 1.165) is 25.0 Å². The summed E-state index contributed by atoms with van der Waals surface area (Å²) in [5.74, 6) is -2.01. The average molecular weight is 366 g/mol. The van der Waals surface area contributed by atoms with Gasteiger partial charge in [0.2, 0.25) is 17.9 Å². The second kappa shape index (κ2) is 9.17. The molecule has 7 nitrogen and oxygen atoms in total. The number of aliphatic carboxylic acids is 1. The molecule has 1 saturated heterocycles. The van der Waals surface area contributed by atoms with Gasteiger partial charge in [0.1, 0.15) is 17.6 Å². The molecule has 2 amide bonds. The van der Waals surface area contributed by atoms with Gasteiger partial charge in [0, 0.05) is 13.0 Å². The number of halogens is 1. The van der Waals surface area contributed by atoms with Gasteiger partial charge in [-0.2, -0.15) is 0 Å². The van der Waals surface area contributed by atoms with Crippen LogP contribution in [0.5, 0.6) is 5.75 Å². The number of carbonyl (C=O) groups is 3. The van der Waals surface area contributed by atoms with Crippen molar-refractivity contribution in [3.8, 4) is 5.75 Å². The Morgan fingerprint density at radius 1 is 1.31 bits per heavy atom. The lowest BCUT2D eigenvalue weighted by atomic mass is 10.0. The van der Waals surface area contributed by atoms with Crippen LogP contribution in [0.4, 0.5) is 4.39 Å². The number of carboxylic acids is 1. The molecule has 0 saturated carbocycles. The SMILES string of the molecule is CCC(=O)N1CCCCC1C(=O)NCC(Oc1ccc(F)cc1)C(=O)O. The topological polar surface area (TPSA) is 95.9 Å². The minimum Gasteiger partial charge on any atom is -0.478 e. The highest BCUT2D eigenvalue weighted by Gasteiger charge is 2.32. The summed E-state index contributed by atoms with van der Waals surface area (Å²) in [6, 6.07) is 4.36. The van der Waals surface area contributed by atoms with E-state index in [0.29, 0.717) is 19.4 Å². The fourth-order valence-electron chi connectivity index (χ4n) is 2.87. The highest BCUT2D eigenvalue weighted by molar-refractivity contribution is 5.88. The summed E-state index contributed by atoms with van der Waals surface area (Å²) in [6.45, 7) is 2.01. The second-order valence-electron chi connectivity index (χ2n) is 6.10. The van der Waals surface area contributed by atoms with E-state index < -0.39 is 23.9 Å². The van der Waals surface area contributed by atoms with Crippen LogP contribution in [0, 0.1) is 5.82 Å². The van der Waals surface area contributed by atoms with E-state index >= 15 is 0 Å². The van der Waals surface area contributed by atoms with Gasteiger partial charge in [-0.25, -0.2) is 9.18 Å². The second-order valence-corrected chi connectivity index (χ2v) is 6.10. The number of nitrogens with zero attached hydrogens (tertiary/aromatic N) is 1. The molecular weight excluding hydrogens is 343 g/mol. The van der Waals surface area contributed by atoms with Crippen molar-refractivity contribution < 1.29 is 28.6 Å². The highest BCUT2D eigenvalue weighted by Crippen LogP contribution is 2.18. The lowest BCUT2D eigenvalue weighted by molar-refractivity contribution is -0.146. The van der Waals surface area contributed by atoms with Crippen molar-refractivity contribution in [3.05, 3.63) is 30.1 Å². The maximum absolute atomic E-state index is 12.9. The largest absolute Gasteiger partial charge is 0.478 e. The van der Waals surface area contributed by atoms with Gasteiger partial charge in [-0.15, -0.1) is 0 Å². The molecule has 1 aliphatic heterocycles. The van der Waals surface area contributed by atoms with Crippen molar-refractivity contribution in [2.75, 3.05) is 13.1 Å². The van der Waals surface area contributed by atoms with Gasteiger partial charge in [-0.1, -0.05) is 6.92 Å². The van der Waals surface area contributed by atoms with E-state index in [2.05, 4.69) is 5.32 Å². The van der Waals surface area contributed by atoms with Gasteiger partial charge in [0.05, 0.1) is 6.54 Å². The van der Waals surface area contributed by atoms with Crippen LogP contribution in [0.1, 0.15) is 32.6 Å². The number of nitrogens with one attached hydrogen (secondary N) is 1. The number of benzene rings is 1. The Morgan fingerprint density at radius 3 is 2.62 bits per heavy atom. The van der Waals surface area contributed by atoms with Crippen LogP contribution in [0.2, 0.25) is 0 Å². The maximum atomic E-state index is 12.9. The number of ether oxygens (including phenoxy) is 1. The average Bonchev–Trinajstić information content (AvgIpc) is 2.65. The standard InChI is InChI=1S/C18H23FN2O5/c1-2-16(22)21-10-4-3-5-14(21)17(23)20-11-15(18(24)25)26-13-8-6-12(19)7-9-13/h6-9,14-15H,2-5,10-11H2,1H3,(H,20,23)(H,24,25). The van der Waals surface area contributed by atoms with Gasteiger partial charge >= 0.3 is 5.97 Å². The van der Waals surface area contributed by atoms with Gasteiger partial charge in [-0.3, -0.25) is 9.59 Å². The number of carbonyl (C=O) groups excluding carboxylic acids is 2. The van der Waals surface area contributed by atoms with Gasteiger partial charge in [0.25, 0.3) is 0 Å². The lowest BCUT2D eigenvalue weighted by Gasteiger charge is -2.34. The monoisotopic (exact) mass is 366 g/mol. The van der Waals surface area contributed by atoms with Crippen LogP contribution < -0.4 is 10.1 Å². The molecule has 8 heteroatoms. The summed E-state index contributed by atoms with van der Waals surface area (Å²) >= 11 is 0. The van der Waals surface area contributed by atoms with Crippen LogP contribution in [-0.4, -0.2) is 53.0 Å². The van der Waals surface area contributed by atoms with Crippen LogP contribution in [0.15, 0.2) is 24.3 Å². The fraction of sp³-hybridized carbons (Fsp3) is 0.500. The van der Waals surface area contributed by atoms with Crippen molar-refractivity contribution >= 4 is 17.8 Å². The minimum atomic E-state index is -1.32. The van der Waals surface area contributed by atoms with Crippen LogP contribution in [0.25, 0.3) is 0 Å². The van der Waals surface area contributed by atoms with Gasteiger partial charge in [-0.05, 0) is 43.5 Å². The Balaban J connectivity index is 1.96. The number of piperidine rings is 1. The molecule has 0 aliphatic carbocycles. The van der Waals surface area contributed by atoms with E-state index in [1.807, 2.05) is 0 Å². The van der Waals surface area contributed by atoms with Gasteiger partial charge < -0.3 is 20.1 Å². The first-order chi connectivity index (χ1) is 12.4. The fourth-order valence-corrected chi connectivity index (χ4v) is 2.87. The molecule has 1 aromatic rings. The molecule has 1 fully saturated rings. The van der Waals surface area contributed by atoms with E-state index in [-0.39, 0.29) is 24.1 Å². The molecule has 2 N–H and O–H groups in total. The van der Waals surface area contributed by atoms with Crippen LogP contribution >= 0.6 is 0 Å². The molecule has 1 aliphatic rings. The summed E-state index contributed by atoms with van der Waals surface area (Å²) in [5.41, 5.74) is 0. The van der Waals surface area contributed by atoms with Crippen molar-refractivity contribution in [2.24, 2.45) is 0 Å². The van der Waals surface area contributed by atoms with Crippen molar-refractivity contribution in [2.45, 2.75) is 44.8 Å². The third-order valence-electron chi connectivity index (χ3n) is 4.26. The van der Waals surface area contributed by atoms with Crippen molar-refractivity contribution in [1.29, 1.82) is 0 Å². The van der Waals surface area contributed by atoms with E-state index in [1.165, 1.54) is 12.1 Å².